The van der Waals surface area contributed by atoms with Crippen molar-refractivity contribution in [2.24, 2.45) is 5.92 Å². The van der Waals surface area contributed by atoms with E-state index in [0.717, 1.165) is 30.9 Å². The monoisotopic (exact) mass is 337 g/mol. The van der Waals surface area contributed by atoms with E-state index >= 15 is 0 Å². The van der Waals surface area contributed by atoms with E-state index in [1.807, 2.05) is 49.4 Å². The van der Waals surface area contributed by atoms with Gasteiger partial charge in [0.15, 0.2) is 0 Å². The number of hydrogen-bond donors (Lipinski definition) is 1. The highest BCUT2D eigenvalue weighted by atomic mass is 16.5. The van der Waals surface area contributed by atoms with Gasteiger partial charge in [0, 0.05) is 18.1 Å². The van der Waals surface area contributed by atoms with Gasteiger partial charge in [0.05, 0.1) is 12.3 Å². The molecule has 0 radical (unpaired) electrons. The lowest BCUT2D eigenvalue weighted by molar-refractivity contribution is 0.191. The van der Waals surface area contributed by atoms with Crippen molar-refractivity contribution in [2.75, 3.05) is 18.9 Å². The first-order valence-electron chi connectivity index (χ1n) is 8.23. The van der Waals surface area contributed by atoms with Crippen LogP contribution < -0.4 is 5.73 Å². The first-order chi connectivity index (χ1) is 12.2. The fourth-order valence-electron chi connectivity index (χ4n) is 2.81. The van der Waals surface area contributed by atoms with E-state index < -0.39 is 0 Å². The van der Waals surface area contributed by atoms with Crippen LogP contribution >= 0.6 is 0 Å². The van der Waals surface area contributed by atoms with Crippen LogP contribution in [0, 0.1) is 12.8 Å². The van der Waals surface area contributed by atoms with Crippen molar-refractivity contribution in [1.29, 1.82) is 0 Å². The van der Waals surface area contributed by atoms with Gasteiger partial charge < -0.3 is 15.0 Å². The summed E-state index contributed by atoms with van der Waals surface area (Å²) in [5.41, 5.74) is 8.54. The van der Waals surface area contributed by atoms with Crippen LogP contribution in [0.1, 0.15) is 17.9 Å². The normalized spacial score (nSPS) is 17.6. The SMILES string of the molecule is Cc1c(-c2noc(/C=C/C3CCOC3)n2)nn(-c2ccccc2)c1N. The van der Waals surface area contributed by atoms with Gasteiger partial charge in [-0.05, 0) is 31.6 Å². The Morgan fingerprint density at radius 3 is 2.88 bits per heavy atom. The number of aromatic nitrogens is 4. The fraction of sp³-hybridized carbons (Fsp3) is 0.278. The summed E-state index contributed by atoms with van der Waals surface area (Å²) in [6.45, 7) is 3.45. The smallest absolute Gasteiger partial charge is 0.250 e. The zero-order valence-electron chi connectivity index (χ0n) is 13.9. The van der Waals surface area contributed by atoms with E-state index in [2.05, 4.69) is 15.2 Å². The van der Waals surface area contributed by atoms with Crippen LogP contribution in [-0.4, -0.2) is 33.1 Å². The van der Waals surface area contributed by atoms with E-state index in [1.54, 1.807) is 4.68 Å². The number of nitrogens with zero attached hydrogens (tertiary/aromatic N) is 4. The Balaban J connectivity index is 1.62. The predicted octanol–water partition coefficient (Wildman–Crippen LogP) is 2.86. The van der Waals surface area contributed by atoms with Gasteiger partial charge in [-0.2, -0.15) is 10.1 Å². The molecule has 1 fully saturated rings. The Labute approximate surface area is 145 Å². The first kappa shape index (κ1) is 15.6. The minimum absolute atomic E-state index is 0.407. The number of nitrogens with two attached hydrogens (primary N) is 1. The summed E-state index contributed by atoms with van der Waals surface area (Å²) in [6.07, 6.45) is 4.91. The van der Waals surface area contributed by atoms with Crippen molar-refractivity contribution in [3.05, 3.63) is 47.9 Å². The molecule has 1 atom stereocenters. The average Bonchev–Trinajstić information content (AvgIpc) is 3.37. The molecule has 1 saturated heterocycles. The van der Waals surface area contributed by atoms with E-state index in [0.29, 0.717) is 29.1 Å². The predicted molar refractivity (Wildman–Crippen MR) is 94.0 cm³/mol. The van der Waals surface area contributed by atoms with Gasteiger partial charge in [-0.15, -0.1) is 0 Å². The van der Waals surface area contributed by atoms with E-state index in [1.165, 1.54) is 0 Å². The number of benzene rings is 1. The maximum absolute atomic E-state index is 6.21. The van der Waals surface area contributed by atoms with E-state index in [9.17, 15) is 0 Å². The van der Waals surface area contributed by atoms with Gasteiger partial charge in [0.25, 0.3) is 5.89 Å². The molecule has 2 aromatic heterocycles. The van der Waals surface area contributed by atoms with Gasteiger partial charge in [-0.3, -0.25) is 0 Å². The average molecular weight is 337 g/mol. The number of nitrogen functional groups attached to an aromatic ring is 1. The molecular formula is C18H19N5O2. The molecule has 1 aliphatic rings. The van der Waals surface area contributed by atoms with Crippen LogP contribution in [0.3, 0.4) is 0 Å². The molecule has 0 bridgehead atoms. The van der Waals surface area contributed by atoms with E-state index in [-0.39, 0.29) is 0 Å². The number of ether oxygens (including phenoxy) is 1. The van der Waals surface area contributed by atoms with Gasteiger partial charge in [0.1, 0.15) is 11.5 Å². The summed E-state index contributed by atoms with van der Waals surface area (Å²) < 4.78 is 12.3. The summed E-state index contributed by atoms with van der Waals surface area (Å²) in [4.78, 5) is 4.41. The van der Waals surface area contributed by atoms with Crippen molar-refractivity contribution >= 4 is 11.9 Å². The number of rotatable bonds is 4. The molecule has 2 N–H and O–H groups in total. The molecule has 1 aromatic carbocycles. The standard InChI is InChI=1S/C18H19N5O2/c1-12-16(21-23(17(12)19)14-5-3-2-4-6-14)18-20-15(25-22-18)8-7-13-9-10-24-11-13/h2-8,13H,9-11,19H2,1H3/b8-7+. The quantitative estimate of drug-likeness (QED) is 0.787. The topological polar surface area (TPSA) is 92.0 Å². The summed E-state index contributed by atoms with van der Waals surface area (Å²) in [7, 11) is 0. The Kier molecular flexibility index (Phi) is 4.07. The third-order valence-corrected chi connectivity index (χ3v) is 4.30. The first-order valence-corrected chi connectivity index (χ1v) is 8.23. The summed E-state index contributed by atoms with van der Waals surface area (Å²) in [5.74, 6) is 1.85. The minimum atomic E-state index is 0.407. The fourth-order valence-corrected chi connectivity index (χ4v) is 2.81. The lowest BCUT2D eigenvalue weighted by atomic mass is 10.1. The van der Waals surface area contributed by atoms with Crippen LogP contribution in [0.2, 0.25) is 0 Å². The Bertz CT molecular complexity index is 892. The second-order valence-corrected chi connectivity index (χ2v) is 6.05. The summed E-state index contributed by atoms with van der Waals surface area (Å²) >= 11 is 0. The van der Waals surface area contributed by atoms with Crippen molar-refractivity contribution in [2.45, 2.75) is 13.3 Å². The third-order valence-electron chi connectivity index (χ3n) is 4.30. The maximum atomic E-state index is 6.21. The summed E-state index contributed by atoms with van der Waals surface area (Å²) in [5, 5.41) is 8.60. The molecule has 1 aliphatic heterocycles. The van der Waals surface area contributed by atoms with Gasteiger partial charge in [-0.1, -0.05) is 29.4 Å². The Hall–Kier alpha value is -2.93. The lowest BCUT2D eigenvalue weighted by Gasteiger charge is -2.02. The third kappa shape index (κ3) is 3.06. The van der Waals surface area contributed by atoms with Gasteiger partial charge in [-0.25, -0.2) is 4.68 Å². The van der Waals surface area contributed by atoms with Crippen LogP contribution in [0.25, 0.3) is 23.3 Å². The molecule has 128 valence electrons. The molecule has 0 spiro atoms. The van der Waals surface area contributed by atoms with Gasteiger partial charge >= 0.3 is 0 Å². The van der Waals surface area contributed by atoms with E-state index in [4.69, 9.17) is 15.0 Å². The van der Waals surface area contributed by atoms with Crippen molar-refractivity contribution in [3.8, 4) is 17.2 Å². The second-order valence-electron chi connectivity index (χ2n) is 6.05. The number of para-hydroxylation sites is 1. The second kappa shape index (κ2) is 6.52. The molecule has 3 aromatic rings. The molecule has 0 amide bonds. The lowest BCUT2D eigenvalue weighted by Crippen LogP contribution is -2.01. The van der Waals surface area contributed by atoms with Crippen LogP contribution in [0.15, 0.2) is 40.9 Å². The molecule has 3 heterocycles. The van der Waals surface area contributed by atoms with Crippen molar-refractivity contribution < 1.29 is 9.26 Å². The molecule has 0 saturated carbocycles. The van der Waals surface area contributed by atoms with Crippen LogP contribution in [-0.2, 0) is 4.74 Å². The zero-order chi connectivity index (χ0) is 17.2. The Morgan fingerprint density at radius 2 is 2.12 bits per heavy atom. The molecular weight excluding hydrogens is 318 g/mol. The highest BCUT2D eigenvalue weighted by Gasteiger charge is 2.19. The highest BCUT2D eigenvalue weighted by Crippen LogP contribution is 2.27. The molecule has 7 heteroatoms. The largest absolute Gasteiger partial charge is 0.383 e. The summed E-state index contributed by atoms with van der Waals surface area (Å²) in [6, 6.07) is 9.72. The van der Waals surface area contributed by atoms with Crippen molar-refractivity contribution in [3.63, 3.8) is 0 Å². The molecule has 7 nitrogen and oxygen atoms in total. The molecule has 0 aliphatic carbocycles. The molecule has 1 unspecified atom stereocenters. The Morgan fingerprint density at radius 1 is 1.28 bits per heavy atom. The number of anilines is 1. The maximum Gasteiger partial charge on any atom is 0.250 e. The molecule has 25 heavy (non-hydrogen) atoms. The minimum Gasteiger partial charge on any atom is -0.383 e. The highest BCUT2D eigenvalue weighted by molar-refractivity contribution is 5.64. The van der Waals surface area contributed by atoms with Gasteiger partial charge in [0.2, 0.25) is 5.82 Å². The van der Waals surface area contributed by atoms with Crippen molar-refractivity contribution in [1.82, 2.24) is 19.9 Å². The molecule has 4 rings (SSSR count). The number of hydrogen-bond acceptors (Lipinski definition) is 6. The zero-order valence-corrected chi connectivity index (χ0v) is 13.9. The van der Waals surface area contributed by atoms with Crippen LogP contribution in [0.5, 0.6) is 0 Å². The van der Waals surface area contributed by atoms with Crippen LogP contribution in [0.4, 0.5) is 5.82 Å².